The molecule has 1 aromatic rings. The number of hydrogen-bond acceptors (Lipinski definition) is 2. The molecule has 0 aliphatic rings. The monoisotopic (exact) mass is 271 g/mol. The van der Waals surface area contributed by atoms with Crippen LogP contribution in [0.25, 0.3) is 0 Å². The molecule has 1 aromatic carbocycles. The van der Waals surface area contributed by atoms with Gasteiger partial charge in [0.15, 0.2) is 0 Å². The zero-order valence-corrected chi connectivity index (χ0v) is 10.6. The van der Waals surface area contributed by atoms with E-state index in [-0.39, 0.29) is 11.8 Å². The molecule has 0 saturated carbocycles. The van der Waals surface area contributed by atoms with Gasteiger partial charge >= 0.3 is 0 Å². The molecule has 0 bridgehead atoms. The lowest BCUT2D eigenvalue weighted by Gasteiger charge is -2.12. The van der Waals surface area contributed by atoms with Crippen molar-refractivity contribution in [1.29, 1.82) is 0 Å². The number of phenolic OH excluding ortho intramolecular Hbond substituents is 1. The van der Waals surface area contributed by atoms with Crippen LogP contribution >= 0.6 is 15.9 Å². The number of aromatic hydroxyl groups is 1. The van der Waals surface area contributed by atoms with Crippen LogP contribution in [0.1, 0.15) is 44.2 Å². The molecule has 3 heteroatoms. The van der Waals surface area contributed by atoms with E-state index in [1.165, 1.54) is 12.8 Å². The lowest BCUT2D eigenvalue weighted by molar-refractivity contribution is 0.471. The molecule has 3 N–H and O–H groups in total. The molecule has 0 fully saturated rings. The minimum atomic E-state index is 0.0773. The third-order valence-electron chi connectivity index (χ3n) is 2.52. The van der Waals surface area contributed by atoms with E-state index in [0.29, 0.717) is 4.47 Å². The summed E-state index contributed by atoms with van der Waals surface area (Å²) in [5.41, 5.74) is 7.13. The number of hydrogen-bond donors (Lipinski definition) is 2. The van der Waals surface area contributed by atoms with Crippen molar-refractivity contribution in [3.05, 3.63) is 28.2 Å². The molecule has 0 radical (unpaired) electrons. The topological polar surface area (TPSA) is 46.2 Å². The Morgan fingerprint density at radius 3 is 2.73 bits per heavy atom. The number of phenols is 1. The van der Waals surface area contributed by atoms with Gasteiger partial charge in [0.05, 0.1) is 4.47 Å². The Morgan fingerprint density at radius 1 is 1.40 bits per heavy atom. The van der Waals surface area contributed by atoms with Gasteiger partial charge in [-0.15, -0.1) is 0 Å². The summed E-state index contributed by atoms with van der Waals surface area (Å²) in [6.07, 6.45) is 4.61. The Hall–Kier alpha value is -0.540. The molecule has 0 aliphatic heterocycles. The highest BCUT2D eigenvalue weighted by Crippen LogP contribution is 2.27. The van der Waals surface area contributed by atoms with Crippen molar-refractivity contribution in [1.82, 2.24) is 0 Å². The van der Waals surface area contributed by atoms with Gasteiger partial charge in [-0.2, -0.15) is 0 Å². The van der Waals surface area contributed by atoms with E-state index >= 15 is 0 Å². The lowest BCUT2D eigenvalue weighted by atomic mass is 10.0. The summed E-state index contributed by atoms with van der Waals surface area (Å²) < 4.78 is 0.714. The predicted molar refractivity (Wildman–Crippen MR) is 66.9 cm³/mol. The minimum Gasteiger partial charge on any atom is -0.507 e. The Morgan fingerprint density at radius 2 is 2.13 bits per heavy atom. The molecule has 15 heavy (non-hydrogen) atoms. The van der Waals surface area contributed by atoms with Crippen LogP contribution in [0.2, 0.25) is 0 Å². The van der Waals surface area contributed by atoms with Crippen LogP contribution in [0, 0.1) is 0 Å². The first-order valence-electron chi connectivity index (χ1n) is 5.39. The molecule has 1 rings (SSSR count). The highest BCUT2D eigenvalue weighted by atomic mass is 79.9. The smallest absolute Gasteiger partial charge is 0.129 e. The maximum atomic E-state index is 9.35. The van der Waals surface area contributed by atoms with E-state index < -0.39 is 0 Å². The molecule has 1 atom stereocenters. The summed E-state index contributed by atoms with van der Waals surface area (Å²) in [5, 5.41) is 9.35. The van der Waals surface area contributed by atoms with Gasteiger partial charge < -0.3 is 10.8 Å². The van der Waals surface area contributed by atoms with Crippen molar-refractivity contribution in [2.45, 2.75) is 38.6 Å². The second-order valence-corrected chi connectivity index (χ2v) is 4.67. The second kappa shape index (κ2) is 6.13. The van der Waals surface area contributed by atoms with Gasteiger partial charge in [-0.1, -0.05) is 32.3 Å². The fraction of sp³-hybridized carbons (Fsp3) is 0.500. The first-order chi connectivity index (χ1) is 7.15. The highest BCUT2D eigenvalue weighted by molar-refractivity contribution is 9.10. The standard InChI is InChI=1S/C12H18BrNO/c1-2-3-4-5-11(14)9-6-7-12(15)10(13)8-9/h6-8,11,15H,2-5,14H2,1H3/t11-/m0/s1. The van der Waals surface area contributed by atoms with Crippen molar-refractivity contribution >= 4 is 15.9 Å². The Balaban J connectivity index is 2.57. The average Bonchev–Trinajstić information content (AvgIpc) is 2.22. The van der Waals surface area contributed by atoms with E-state index in [9.17, 15) is 5.11 Å². The second-order valence-electron chi connectivity index (χ2n) is 3.81. The summed E-state index contributed by atoms with van der Waals surface area (Å²) in [6, 6.07) is 5.54. The highest BCUT2D eigenvalue weighted by Gasteiger charge is 2.07. The predicted octanol–water partition coefficient (Wildman–Crippen LogP) is 3.73. The largest absolute Gasteiger partial charge is 0.507 e. The first kappa shape index (κ1) is 12.5. The van der Waals surface area contributed by atoms with Crippen LogP contribution in [-0.2, 0) is 0 Å². The number of benzene rings is 1. The molecule has 0 aromatic heterocycles. The van der Waals surface area contributed by atoms with Crippen molar-refractivity contribution < 1.29 is 5.11 Å². The van der Waals surface area contributed by atoms with Crippen LogP contribution in [0.3, 0.4) is 0 Å². The van der Waals surface area contributed by atoms with E-state index in [0.717, 1.165) is 18.4 Å². The van der Waals surface area contributed by atoms with Gasteiger partial charge in [0.1, 0.15) is 5.75 Å². The van der Waals surface area contributed by atoms with Gasteiger partial charge in [-0.25, -0.2) is 0 Å². The Bertz CT molecular complexity index is 314. The van der Waals surface area contributed by atoms with Gasteiger partial charge in [0.2, 0.25) is 0 Å². The van der Waals surface area contributed by atoms with E-state index in [2.05, 4.69) is 22.9 Å². The molecule has 0 amide bonds. The van der Waals surface area contributed by atoms with Crippen molar-refractivity contribution in [2.24, 2.45) is 5.73 Å². The zero-order valence-electron chi connectivity index (χ0n) is 9.04. The van der Waals surface area contributed by atoms with Crippen LogP contribution < -0.4 is 5.73 Å². The van der Waals surface area contributed by atoms with Gasteiger partial charge in [0, 0.05) is 6.04 Å². The summed E-state index contributed by atoms with van der Waals surface area (Å²) in [5.74, 6) is 0.263. The van der Waals surface area contributed by atoms with E-state index in [1.807, 2.05) is 12.1 Å². The minimum absolute atomic E-state index is 0.0773. The molecule has 0 saturated heterocycles. The average molecular weight is 272 g/mol. The Kier molecular flexibility index (Phi) is 5.12. The van der Waals surface area contributed by atoms with Gasteiger partial charge in [0.25, 0.3) is 0 Å². The van der Waals surface area contributed by atoms with Crippen LogP contribution in [0.4, 0.5) is 0 Å². The van der Waals surface area contributed by atoms with Crippen molar-refractivity contribution in [3.63, 3.8) is 0 Å². The van der Waals surface area contributed by atoms with E-state index in [4.69, 9.17) is 5.73 Å². The SMILES string of the molecule is CCCCC[C@H](N)c1ccc(O)c(Br)c1. The number of unbranched alkanes of at least 4 members (excludes halogenated alkanes) is 2. The third-order valence-corrected chi connectivity index (χ3v) is 3.15. The van der Waals surface area contributed by atoms with E-state index in [1.54, 1.807) is 6.07 Å². The van der Waals surface area contributed by atoms with Crippen molar-refractivity contribution in [2.75, 3.05) is 0 Å². The summed E-state index contributed by atoms with van der Waals surface area (Å²) in [6.45, 7) is 2.18. The zero-order chi connectivity index (χ0) is 11.3. The first-order valence-corrected chi connectivity index (χ1v) is 6.18. The third kappa shape index (κ3) is 3.84. The molecule has 0 spiro atoms. The van der Waals surface area contributed by atoms with Crippen LogP contribution in [-0.4, -0.2) is 5.11 Å². The van der Waals surface area contributed by atoms with Crippen LogP contribution in [0.15, 0.2) is 22.7 Å². The molecular formula is C12H18BrNO. The summed E-state index contributed by atoms with van der Waals surface area (Å²) >= 11 is 3.29. The molecule has 0 unspecified atom stereocenters. The number of halogens is 1. The molecule has 0 heterocycles. The van der Waals surface area contributed by atoms with Gasteiger partial charge in [-0.05, 0) is 40.0 Å². The van der Waals surface area contributed by atoms with Gasteiger partial charge in [-0.3, -0.25) is 0 Å². The molecular weight excluding hydrogens is 254 g/mol. The maximum absolute atomic E-state index is 9.35. The quantitative estimate of drug-likeness (QED) is 0.802. The van der Waals surface area contributed by atoms with Crippen LogP contribution in [0.5, 0.6) is 5.75 Å². The molecule has 0 aliphatic carbocycles. The molecule has 84 valence electrons. The molecule has 2 nitrogen and oxygen atoms in total. The number of nitrogens with two attached hydrogens (primary N) is 1. The summed E-state index contributed by atoms with van der Waals surface area (Å²) in [4.78, 5) is 0. The fourth-order valence-corrected chi connectivity index (χ4v) is 1.93. The number of rotatable bonds is 5. The van der Waals surface area contributed by atoms with Crippen molar-refractivity contribution in [3.8, 4) is 5.75 Å². The Labute approximate surface area is 99.6 Å². The lowest BCUT2D eigenvalue weighted by Crippen LogP contribution is -2.09. The summed E-state index contributed by atoms with van der Waals surface area (Å²) in [7, 11) is 0. The fourth-order valence-electron chi connectivity index (χ4n) is 1.53. The maximum Gasteiger partial charge on any atom is 0.129 e. The normalized spacial score (nSPS) is 12.7.